The summed E-state index contributed by atoms with van der Waals surface area (Å²) in [7, 11) is 0. The highest BCUT2D eigenvalue weighted by Gasteiger charge is 2.05. The van der Waals surface area contributed by atoms with Crippen molar-refractivity contribution in [2.75, 3.05) is 99.0 Å². The second-order valence-electron chi connectivity index (χ2n) is 8.75. The molecule has 2 rings (SSSR count). The van der Waals surface area contributed by atoms with Crippen LogP contribution in [-0.2, 0) is 44.5 Å². The standard InChI is InChI=1S/C27H42N8O8/c1-23-31-33-27(34-32-23)25-4-2-24(3-5-25)22-29-26(36)6-8-37-10-12-39-14-16-41-18-20-43-21-19-42-17-15-40-13-11-38-9-7-30-35-28/h2-5,28H,6-22H2,1H3/p+1. The Morgan fingerprint density at radius 2 is 1.14 bits per heavy atom. The quantitative estimate of drug-likeness (QED) is 0.0829. The molecule has 2 aromatic rings. The fourth-order valence-electron chi connectivity index (χ4n) is 3.20. The summed E-state index contributed by atoms with van der Waals surface area (Å²) >= 11 is 0. The molecule has 0 radical (unpaired) electrons. The van der Waals surface area contributed by atoms with Crippen LogP contribution in [-0.4, -0.2) is 125 Å². The summed E-state index contributed by atoms with van der Waals surface area (Å²) in [6.07, 6.45) is 0.272. The van der Waals surface area contributed by atoms with Gasteiger partial charge in [0.2, 0.25) is 16.6 Å². The first-order valence-corrected chi connectivity index (χ1v) is 14.2. The Morgan fingerprint density at radius 1 is 0.698 bits per heavy atom. The summed E-state index contributed by atoms with van der Waals surface area (Å²) < 4.78 is 37.8. The van der Waals surface area contributed by atoms with E-state index in [1.807, 2.05) is 24.3 Å². The van der Waals surface area contributed by atoms with Gasteiger partial charge in [-0.05, 0) is 12.5 Å². The monoisotopic (exact) mass is 607 g/mol. The highest BCUT2D eigenvalue weighted by atomic mass is 16.6. The molecule has 16 nitrogen and oxygen atoms in total. The molecule has 0 atom stereocenters. The molecule has 0 bridgehead atoms. The average molecular weight is 608 g/mol. The van der Waals surface area contributed by atoms with Gasteiger partial charge >= 0.3 is 0 Å². The van der Waals surface area contributed by atoms with Gasteiger partial charge in [-0.1, -0.05) is 24.3 Å². The van der Waals surface area contributed by atoms with Crippen molar-refractivity contribution in [3.63, 3.8) is 0 Å². The first kappa shape index (κ1) is 35.9. The number of carbonyl (C=O) groups is 1. The van der Waals surface area contributed by atoms with Gasteiger partial charge in [0, 0.05) is 18.5 Å². The van der Waals surface area contributed by atoms with E-state index in [4.69, 9.17) is 38.7 Å². The zero-order chi connectivity index (χ0) is 30.6. The van der Waals surface area contributed by atoms with Crippen molar-refractivity contribution in [3.8, 4) is 11.4 Å². The van der Waals surface area contributed by atoms with Gasteiger partial charge in [-0.3, -0.25) is 4.79 Å². The Kier molecular flexibility index (Phi) is 21.0. The van der Waals surface area contributed by atoms with Crippen molar-refractivity contribution in [3.05, 3.63) is 35.7 Å². The molecule has 1 amide bonds. The lowest BCUT2D eigenvalue weighted by Gasteiger charge is -2.09. The zero-order valence-corrected chi connectivity index (χ0v) is 24.8. The number of amides is 1. The van der Waals surface area contributed by atoms with E-state index in [0.717, 1.165) is 11.1 Å². The maximum absolute atomic E-state index is 12.1. The summed E-state index contributed by atoms with van der Waals surface area (Å²) in [4.78, 5) is 14.9. The van der Waals surface area contributed by atoms with Crippen LogP contribution < -0.4 is 10.2 Å². The topological polar surface area (TPSA) is 196 Å². The molecule has 16 heteroatoms. The molecule has 43 heavy (non-hydrogen) atoms. The molecule has 0 aliphatic carbocycles. The summed E-state index contributed by atoms with van der Waals surface area (Å²) in [5, 5.41) is 22.2. The van der Waals surface area contributed by atoms with Crippen LogP contribution in [0.2, 0.25) is 0 Å². The van der Waals surface area contributed by atoms with E-state index < -0.39 is 0 Å². The van der Waals surface area contributed by atoms with E-state index in [1.54, 1.807) is 6.92 Å². The molecule has 0 saturated carbocycles. The second-order valence-corrected chi connectivity index (χ2v) is 8.75. The number of aryl methyl sites for hydroxylation is 1. The molecule has 0 unspecified atom stereocenters. The first-order valence-electron chi connectivity index (χ1n) is 14.2. The van der Waals surface area contributed by atoms with Crippen molar-refractivity contribution in [2.45, 2.75) is 19.9 Å². The molecule has 1 heterocycles. The van der Waals surface area contributed by atoms with E-state index in [9.17, 15) is 4.79 Å². The predicted octanol–water partition coefficient (Wildman–Crippen LogP) is 0.915. The van der Waals surface area contributed by atoms with E-state index in [1.165, 1.54) is 0 Å². The molecule has 0 aliphatic rings. The molecular formula is C27H43N8O8+. The molecule has 0 spiro atoms. The highest BCUT2D eigenvalue weighted by molar-refractivity contribution is 5.76. The van der Waals surface area contributed by atoms with Crippen LogP contribution in [0.25, 0.3) is 11.4 Å². The molecule has 2 N–H and O–H groups in total. The van der Waals surface area contributed by atoms with E-state index in [0.29, 0.717) is 117 Å². The van der Waals surface area contributed by atoms with Crippen molar-refractivity contribution in [2.24, 2.45) is 5.11 Å². The number of hydrogen-bond acceptors (Lipinski definition) is 14. The van der Waals surface area contributed by atoms with Crippen LogP contribution in [0.5, 0.6) is 0 Å². The van der Waals surface area contributed by atoms with Crippen LogP contribution in [0.4, 0.5) is 0 Å². The Balaban J connectivity index is 1.28. The minimum Gasteiger partial charge on any atom is -0.379 e. The Hall–Kier alpha value is -3.34. The summed E-state index contributed by atoms with van der Waals surface area (Å²) in [5.74, 6) is 0.888. The van der Waals surface area contributed by atoms with Crippen LogP contribution in [0.15, 0.2) is 29.4 Å². The summed E-state index contributed by atoms with van der Waals surface area (Å²) in [6, 6.07) is 7.55. The van der Waals surface area contributed by atoms with Gasteiger partial charge in [-0.25, -0.2) is 0 Å². The van der Waals surface area contributed by atoms with E-state index in [2.05, 4.69) is 35.7 Å². The minimum atomic E-state index is -0.0867. The van der Waals surface area contributed by atoms with Crippen molar-refractivity contribution < 1.29 is 38.0 Å². The van der Waals surface area contributed by atoms with Crippen molar-refractivity contribution in [1.29, 1.82) is 5.53 Å². The largest absolute Gasteiger partial charge is 0.379 e. The minimum absolute atomic E-state index is 0.0867. The number of carbonyl (C=O) groups excluding carboxylic acids is 1. The SMILES string of the molecule is Cc1nnc(-c2ccc(CNC(=O)CCOCCOCCOCCOCCOCCOCCOCCN=[N+]=N)cc2)nn1. The van der Waals surface area contributed by atoms with Crippen molar-refractivity contribution >= 4 is 5.91 Å². The number of aromatic nitrogens is 4. The fourth-order valence-corrected chi connectivity index (χ4v) is 3.20. The Bertz CT molecular complexity index is 1030. The van der Waals surface area contributed by atoms with Gasteiger partial charge < -0.3 is 38.5 Å². The van der Waals surface area contributed by atoms with Crippen LogP contribution >= 0.6 is 0 Å². The van der Waals surface area contributed by atoms with Gasteiger partial charge in [0.25, 0.3) is 0 Å². The van der Waals surface area contributed by atoms with Gasteiger partial charge in [-0.15, -0.1) is 20.4 Å². The number of nitrogens with one attached hydrogen (secondary N) is 2. The van der Waals surface area contributed by atoms with Crippen LogP contribution in [0.1, 0.15) is 17.8 Å². The molecule has 1 aromatic carbocycles. The number of ether oxygens (including phenoxy) is 7. The van der Waals surface area contributed by atoms with Crippen LogP contribution in [0, 0.1) is 12.5 Å². The zero-order valence-electron chi connectivity index (χ0n) is 24.8. The first-order chi connectivity index (χ1) is 21.2. The summed E-state index contributed by atoms with van der Waals surface area (Å²) in [6.45, 7) is 8.87. The summed E-state index contributed by atoms with van der Waals surface area (Å²) in [5.41, 5.74) is 8.28. The number of nitrogens with zero attached hydrogens (tertiary/aromatic N) is 6. The maximum atomic E-state index is 12.1. The molecule has 0 saturated heterocycles. The second kappa shape index (κ2) is 25.2. The lowest BCUT2D eigenvalue weighted by molar-refractivity contribution is -0.122. The van der Waals surface area contributed by atoms with Gasteiger partial charge in [0.05, 0.1) is 92.5 Å². The lowest BCUT2D eigenvalue weighted by Crippen LogP contribution is -2.24. The smallest absolute Gasteiger partial charge is 0.222 e. The Labute approximate surface area is 251 Å². The molecular weight excluding hydrogens is 564 g/mol. The third-order valence-electron chi connectivity index (χ3n) is 5.39. The van der Waals surface area contributed by atoms with E-state index in [-0.39, 0.29) is 12.3 Å². The number of benzene rings is 1. The number of rotatable bonds is 27. The van der Waals surface area contributed by atoms with Gasteiger partial charge in [0.15, 0.2) is 5.82 Å². The number of hydrogen-bond donors (Lipinski definition) is 2. The van der Waals surface area contributed by atoms with Gasteiger partial charge in [-0.2, -0.15) is 0 Å². The Morgan fingerprint density at radius 3 is 1.60 bits per heavy atom. The highest BCUT2D eigenvalue weighted by Crippen LogP contribution is 2.14. The fraction of sp³-hybridized carbons (Fsp3) is 0.667. The lowest BCUT2D eigenvalue weighted by atomic mass is 10.1. The molecule has 0 aliphatic heterocycles. The normalized spacial score (nSPS) is 10.9. The van der Waals surface area contributed by atoms with Crippen LogP contribution in [0.3, 0.4) is 0 Å². The molecule has 1 aromatic heterocycles. The molecule has 238 valence electrons. The molecule has 0 fully saturated rings. The van der Waals surface area contributed by atoms with E-state index >= 15 is 0 Å². The third kappa shape index (κ3) is 19.5. The average Bonchev–Trinajstić information content (AvgIpc) is 3.03. The third-order valence-corrected chi connectivity index (χ3v) is 5.39. The van der Waals surface area contributed by atoms with Gasteiger partial charge in [0.1, 0.15) is 17.2 Å². The maximum Gasteiger partial charge on any atom is 0.222 e. The van der Waals surface area contributed by atoms with Crippen molar-refractivity contribution in [1.82, 2.24) is 30.6 Å². The predicted molar refractivity (Wildman–Crippen MR) is 152 cm³/mol.